The van der Waals surface area contributed by atoms with Crippen molar-refractivity contribution in [3.8, 4) is 0 Å². The van der Waals surface area contributed by atoms with Crippen LogP contribution in [-0.4, -0.2) is 59.8 Å². The summed E-state index contributed by atoms with van der Waals surface area (Å²) < 4.78 is 16.4. The normalized spacial score (nSPS) is 20.6. The van der Waals surface area contributed by atoms with E-state index in [4.69, 9.17) is 4.52 Å². The van der Waals surface area contributed by atoms with Crippen LogP contribution in [0.3, 0.4) is 0 Å². The number of carbonyl (C=O) groups is 2. The van der Waals surface area contributed by atoms with Gasteiger partial charge in [0.1, 0.15) is 5.54 Å². The molecule has 20 heavy (non-hydrogen) atoms. The van der Waals surface area contributed by atoms with Crippen molar-refractivity contribution in [2.45, 2.75) is 25.8 Å². The lowest BCUT2D eigenvalue weighted by atomic mass is 10.1. The van der Waals surface area contributed by atoms with Gasteiger partial charge in [0, 0.05) is 6.54 Å². The average molecular weight is 305 g/mol. The molecule has 1 saturated heterocycles. The summed E-state index contributed by atoms with van der Waals surface area (Å²) in [4.78, 5) is 37.5. The Hall–Kier alpha value is -1.24. The molecule has 1 atom stereocenters. The molecule has 0 saturated carbocycles. The van der Waals surface area contributed by atoms with Crippen LogP contribution >= 0.6 is 7.60 Å². The maximum Gasteiger partial charge on any atom is 0.328 e. The molecule has 1 unspecified atom stereocenters. The van der Waals surface area contributed by atoms with E-state index in [9.17, 15) is 19.0 Å². The highest BCUT2D eigenvalue weighted by Crippen LogP contribution is 2.42. The first-order chi connectivity index (χ1) is 9.19. The van der Waals surface area contributed by atoms with Crippen LogP contribution in [0.15, 0.2) is 4.99 Å². The molecule has 1 fully saturated rings. The summed E-state index contributed by atoms with van der Waals surface area (Å²) in [6, 6.07) is -0.482. The van der Waals surface area contributed by atoms with E-state index in [2.05, 4.69) is 17.0 Å². The van der Waals surface area contributed by atoms with E-state index >= 15 is 0 Å². The molecule has 0 bridgehead atoms. The number of rotatable bonds is 8. The minimum absolute atomic E-state index is 0.0213. The molecular weight excluding hydrogens is 285 g/mol. The van der Waals surface area contributed by atoms with Crippen LogP contribution in [0.1, 0.15) is 20.3 Å². The SMILES string of the molecule is C=NCCOP(=O)(O)CCCN1C(=O)NC(C)(C)C1=O. The standard InChI is InChI=1S/C11H20N3O5P/c1-11(2)9(15)14(10(16)13-11)6-4-8-20(17,18)19-7-5-12-3/h3-8H2,1-2H3,(H,13,16)(H,17,18). The topological polar surface area (TPSA) is 108 Å². The zero-order chi connectivity index (χ0) is 15.4. The fourth-order valence-corrected chi connectivity index (χ4v) is 2.80. The van der Waals surface area contributed by atoms with E-state index in [0.717, 1.165) is 4.90 Å². The Bertz CT molecular complexity index is 451. The maximum absolute atomic E-state index is 11.9. The number of aliphatic imine (C=N–C) groups is 1. The molecule has 3 amide bonds. The van der Waals surface area contributed by atoms with Gasteiger partial charge in [-0.25, -0.2) is 4.79 Å². The number of hydrogen-bond acceptors (Lipinski definition) is 5. The van der Waals surface area contributed by atoms with Gasteiger partial charge in [-0.1, -0.05) is 0 Å². The fraction of sp³-hybridized carbons (Fsp3) is 0.727. The van der Waals surface area contributed by atoms with E-state index in [1.807, 2.05) is 0 Å². The van der Waals surface area contributed by atoms with Crippen molar-refractivity contribution in [2.75, 3.05) is 25.9 Å². The Morgan fingerprint density at radius 3 is 2.65 bits per heavy atom. The number of hydrogen-bond donors (Lipinski definition) is 2. The molecule has 0 aromatic carbocycles. The maximum atomic E-state index is 11.9. The molecule has 0 aromatic heterocycles. The van der Waals surface area contributed by atoms with Crippen molar-refractivity contribution in [1.29, 1.82) is 0 Å². The number of amides is 3. The Kier molecular flexibility index (Phi) is 5.44. The number of nitrogens with zero attached hydrogens (tertiary/aromatic N) is 2. The van der Waals surface area contributed by atoms with Crippen LogP contribution in [0.5, 0.6) is 0 Å². The molecule has 1 heterocycles. The highest BCUT2D eigenvalue weighted by atomic mass is 31.2. The summed E-state index contributed by atoms with van der Waals surface area (Å²) in [6.07, 6.45) is 0.0756. The van der Waals surface area contributed by atoms with Crippen molar-refractivity contribution in [3.05, 3.63) is 0 Å². The minimum atomic E-state index is -3.71. The van der Waals surface area contributed by atoms with Crippen LogP contribution in [0.4, 0.5) is 4.79 Å². The number of urea groups is 1. The lowest BCUT2D eigenvalue weighted by Crippen LogP contribution is -2.40. The minimum Gasteiger partial charge on any atom is -0.324 e. The van der Waals surface area contributed by atoms with Gasteiger partial charge < -0.3 is 14.7 Å². The molecule has 2 N–H and O–H groups in total. The molecular formula is C11H20N3O5P. The highest BCUT2D eigenvalue weighted by Gasteiger charge is 2.43. The molecule has 1 aliphatic rings. The summed E-state index contributed by atoms with van der Waals surface area (Å²) in [7, 11) is -3.71. The summed E-state index contributed by atoms with van der Waals surface area (Å²) in [5.41, 5.74) is -0.924. The molecule has 0 spiro atoms. The van der Waals surface area contributed by atoms with Crippen molar-refractivity contribution < 1.29 is 23.6 Å². The van der Waals surface area contributed by atoms with Gasteiger partial charge in [0.2, 0.25) is 0 Å². The van der Waals surface area contributed by atoms with Gasteiger partial charge in [-0.05, 0) is 27.0 Å². The van der Waals surface area contributed by atoms with Crippen LogP contribution < -0.4 is 5.32 Å². The van der Waals surface area contributed by atoms with Crippen molar-refractivity contribution in [1.82, 2.24) is 10.2 Å². The molecule has 1 aliphatic heterocycles. The van der Waals surface area contributed by atoms with Crippen LogP contribution in [0.2, 0.25) is 0 Å². The zero-order valence-electron chi connectivity index (χ0n) is 11.7. The van der Waals surface area contributed by atoms with E-state index in [-0.39, 0.29) is 38.2 Å². The van der Waals surface area contributed by atoms with Gasteiger partial charge in [0.05, 0.1) is 19.3 Å². The molecule has 0 aromatic rings. The van der Waals surface area contributed by atoms with Gasteiger partial charge in [-0.3, -0.25) is 19.3 Å². The number of imide groups is 1. The largest absolute Gasteiger partial charge is 0.328 e. The van der Waals surface area contributed by atoms with E-state index in [1.165, 1.54) is 0 Å². The van der Waals surface area contributed by atoms with Gasteiger partial charge in [-0.2, -0.15) is 0 Å². The number of carbonyl (C=O) groups excluding carboxylic acids is 2. The number of nitrogens with one attached hydrogen (secondary N) is 1. The first kappa shape index (κ1) is 16.8. The van der Waals surface area contributed by atoms with Crippen LogP contribution in [0.25, 0.3) is 0 Å². The van der Waals surface area contributed by atoms with Gasteiger partial charge in [0.25, 0.3) is 5.91 Å². The van der Waals surface area contributed by atoms with Gasteiger partial charge >= 0.3 is 13.6 Å². The Morgan fingerprint density at radius 1 is 1.50 bits per heavy atom. The molecule has 1 rings (SSSR count). The lowest BCUT2D eigenvalue weighted by Gasteiger charge is -2.16. The second-order valence-electron chi connectivity index (χ2n) is 5.01. The molecule has 9 heteroatoms. The predicted octanol–water partition coefficient (Wildman–Crippen LogP) is 0.609. The molecule has 114 valence electrons. The zero-order valence-corrected chi connectivity index (χ0v) is 12.6. The first-order valence-corrected chi connectivity index (χ1v) is 7.99. The summed E-state index contributed by atoms with van der Waals surface area (Å²) in [6.45, 7) is 6.80. The van der Waals surface area contributed by atoms with E-state index in [0.29, 0.717) is 0 Å². The summed E-state index contributed by atoms with van der Waals surface area (Å²) in [5.74, 6) is -0.341. The lowest BCUT2D eigenvalue weighted by molar-refractivity contribution is -0.130. The van der Waals surface area contributed by atoms with Crippen molar-refractivity contribution >= 4 is 26.3 Å². The fourth-order valence-electron chi connectivity index (χ4n) is 1.76. The monoisotopic (exact) mass is 305 g/mol. The van der Waals surface area contributed by atoms with Crippen molar-refractivity contribution in [2.24, 2.45) is 4.99 Å². The first-order valence-electron chi connectivity index (χ1n) is 6.22. The van der Waals surface area contributed by atoms with Crippen LogP contribution in [0, 0.1) is 0 Å². The highest BCUT2D eigenvalue weighted by molar-refractivity contribution is 7.52. The molecule has 8 nitrogen and oxygen atoms in total. The van der Waals surface area contributed by atoms with Crippen LogP contribution in [-0.2, 0) is 13.9 Å². The van der Waals surface area contributed by atoms with Gasteiger partial charge in [-0.15, -0.1) is 0 Å². The summed E-state index contributed by atoms with van der Waals surface area (Å²) in [5, 5.41) is 2.54. The van der Waals surface area contributed by atoms with Crippen molar-refractivity contribution in [3.63, 3.8) is 0 Å². The predicted molar refractivity (Wildman–Crippen MR) is 74.0 cm³/mol. The third-order valence-electron chi connectivity index (χ3n) is 2.81. The molecule has 0 radical (unpaired) electrons. The second-order valence-corrected chi connectivity index (χ2v) is 6.99. The summed E-state index contributed by atoms with van der Waals surface area (Å²) >= 11 is 0. The second kappa shape index (κ2) is 6.47. The third-order valence-corrected chi connectivity index (χ3v) is 4.28. The quantitative estimate of drug-likeness (QED) is 0.295. The Morgan fingerprint density at radius 2 is 2.15 bits per heavy atom. The Balaban J connectivity index is 2.41. The molecule has 0 aliphatic carbocycles. The third kappa shape index (κ3) is 4.40. The van der Waals surface area contributed by atoms with Gasteiger partial charge in [0.15, 0.2) is 0 Å². The average Bonchev–Trinajstić information content (AvgIpc) is 2.51. The smallest absolute Gasteiger partial charge is 0.324 e. The van der Waals surface area contributed by atoms with E-state index < -0.39 is 19.2 Å². The Labute approximate surface area is 117 Å². The van der Waals surface area contributed by atoms with E-state index in [1.54, 1.807) is 13.8 Å².